The Morgan fingerprint density at radius 1 is 1.24 bits per heavy atom. The van der Waals surface area contributed by atoms with Crippen LogP contribution >= 0.6 is 0 Å². The van der Waals surface area contributed by atoms with Crippen molar-refractivity contribution in [3.63, 3.8) is 0 Å². The third kappa shape index (κ3) is 2.49. The maximum atomic E-state index is 12.0. The third-order valence-electron chi connectivity index (χ3n) is 2.32. The number of fused-ring (bicyclic) bond motifs is 1. The van der Waals surface area contributed by atoms with E-state index in [9.17, 15) is 13.2 Å². The standard InChI is InChI=1S/C10H12N2O3S.Na/c1-7(2)12-10(13)8-5-3-4-6-9(8)11-16(12,14)15;/h3-7,11H,1-2H3;. The zero-order chi connectivity index (χ0) is 11.9. The number of carbonyl (C=O) groups excluding carboxylic acids is 1. The van der Waals surface area contributed by atoms with E-state index < -0.39 is 22.2 Å². The Bertz CT molecular complexity index is 542. The van der Waals surface area contributed by atoms with Crippen LogP contribution in [-0.2, 0) is 10.2 Å². The summed E-state index contributed by atoms with van der Waals surface area (Å²) < 4.78 is 26.8. The molecule has 1 aromatic rings. The van der Waals surface area contributed by atoms with Gasteiger partial charge in [-0.25, -0.2) is 4.31 Å². The zero-order valence-electron chi connectivity index (χ0n) is 9.97. The monoisotopic (exact) mass is 263 g/mol. The van der Waals surface area contributed by atoms with Gasteiger partial charge in [-0.1, -0.05) is 12.1 Å². The normalized spacial score (nSPS) is 17.1. The molecule has 0 bridgehead atoms. The van der Waals surface area contributed by atoms with Crippen molar-refractivity contribution in [2.75, 3.05) is 4.72 Å². The molecule has 1 N–H and O–H groups in total. The van der Waals surface area contributed by atoms with Gasteiger partial charge in [0, 0.05) is 35.6 Å². The van der Waals surface area contributed by atoms with E-state index in [4.69, 9.17) is 0 Å². The van der Waals surface area contributed by atoms with Crippen LogP contribution in [0.5, 0.6) is 0 Å². The Balaban J connectivity index is 0.00000144. The Hall–Kier alpha value is -0.560. The summed E-state index contributed by atoms with van der Waals surface area (Å²) >= 11 is 0. The zero-order valence-corrected chi connectivity index (χ0v) is 12.8. The van der Waals surface area contributed by atoms with Gasteiger partial charge in [-0.2, -0.15) is 8.42 Å². The molecule has 0 unspecified atom stereocenters. The van der Waals surface area contributed by atoms with Crippen molar-refractivity contribution in [1.82, 2.24) is 4.31 Å². The number of para-hydroxylation sites is 1. The van der Waals surface area contributed by atoms with Gasteiger partial charge in [-0.3, -0.25) is 9.52 Å². The van der Waals surface area contributed by atoms with Gasteiger partial charge in [0.05, 0.1) is 11.3 Å². The molecular formula is C10H12N2NaO3S. The number of nitrogens with one attached hydrogen (secondary N) is 1. The van der Waals surface area contributed by atoms with E-state index in [1.165, 1.54) is 0 Å². The number of nitrogens with zero attached hydrogens (tertiary/aromatic N) is 1. The van der Waals surface area contributed by atoms with E-state index in [1.807, 2.05) is 0 Å². The van der Waals surface area contributed by atoms with E-state index in [0.29, 0.717) is 11.3 Å². The van der Waals surface area contributed by atoms with Crippen molar-refractivity contribution < 1.29 is 13.2 Å². The number of rotatable bonds is 1. The van der Waals surface area contributed by atoms with Crippen LogP contribution in [-0.4, -0.2) is 54.2 Å². The van der Waals surface area contributed by atoms with Crippen LogP contribution in [0.25, 0.3) is 0 Å². The average Bonchev–Trinajstić information content (AvgIpc) is 2.15. The van der Waals surface area contributed by atoms with E-state index >= 15 is 0 Å². The van der Waals surface area contributed by atoms with Gasteiger partial charge >= 0.3 is 10.2 Å². The summed E-state index contributed by atoms with van der Waals surface area (Å²) in [5.74, 6) is -0.482. The fourth-order valence-corrected chi connectivity index (χ4v) is 3.11. The Labute approximate surface area is 123 Å². The van der Waals surface area contributed by atoms with Gasteiger partial charge in [0.25, 0.3) is 5.91 Å². The molecule has 5 nitrogen and oxygen atoms in total. The Morgan fingerprint density at radius 2 is 1.82 bits per heavy atom. The SMILES string of the molecule is CC(C)N1C(=O)c2ccccc2NS1(=O)=O.[Na]. The Morgan fingerprint density at radius 3 is 2.41 bits per heavy atom. The predicted molar refractivity (Wildman–Crippen MR) is 66.0 cm³/mol. The second-order valence-corrected chi connectivity index (χ2v) is 5.40. The number of anilines is 1. The maximum absolute atomic E-state index is 12.0. The minimum absolute atomic E-state index is 0. The van der Waals surface area contributed by atoms with Gasteiger partial charge in [-0.15, -0.1) is 0 Å². The number of benzene rings is 1. The molecule has 0 fully saturated rings. The first kappa shape index (κ1) is 14.5. The van der Waals surface area contributed by atoms with E-state index in [1.54, 1.807) is 38.1 Å². The summed E-state index contributed by atoms with van der Waals surface area (Å²) in [6, 6.07) is 6.16. The first-order chi connectivity index (χ1) is 7.43. The number of hydrogen-bond donors (Lipinski definition) is 1. The molecule has 0 saturated carbocycles. The quantitative estimate of drug-likeness (QED) is 0.763. The molecule has 17 heavy (non-hydrogen) atoms. The number of hydrogen-bond acceptors (Lipinski definition) is 3. The third-order valence-corrected chi connectivity index (χ3v) is 3.91. The van der Waals surface area contributed by atoms with Gasteiger partial charge in [0.15, 0.2) is 0 Å². The second-order valence-electron chi connectivity index (χ2n) is 3.85. The molecule has 0 saturated heterocycles. The summed E-state index contributed by atoms with van der Waals surface area (Å²) in [5, 5.41) is 0. The van der Waals surface area contributed by atoms with Crippen molar-refractivity contribution in [3.8, 4) is 0 Å². The average molecular weight is 263 g/mol. The number of amides is 1. The molecule has 1 aliphatic rings. The van der Waals surface area contributed by atoms with Gasteiger partial charge in [0.2, 0.25) is 0 Å². The van der Waals surface area contributed by atoms with Crippen LogP contribution in [0.15, 0.2) is 24.3 Å². The molecular weight excluding hydrogens is 251 g/mol. The van der Waals surface area contributed by atoms with Crippen molar-refractivity contribution in [1.29, 1.82) is 0 Å². The molecule has 0 aromatic heterocycles. The second kappa shape index (κ2) is 4.97. The fourth-order valence-electron chi connectivity index (χ4n) is 1.69. The summed E-state index contributed by atoms with van der Waals surface area (Å²) in [4.78, 5) is 12.0. The predicted octanol–water partition coefficient (Wildman–Crippen LogP) is 0.827. The maximum Gasteiger partial charge on any atom is 0.326 e. The molecule has 0 atom stereocenters. The first-order valence-electron chi connectivity index (χ1n) is 4.89. The summed E-state index contributed by atoms with van der Waals surface area (Å²) in [7, 11) is -3.75. The van der Waals surface area contributed by atoms with Crippen LogP contribution in [0, 0.1) is 0 Å². The van der Waals surface area contributed by atoms with Crippen LogP contribution in [0.3, 0.4) is 0 Å². The number of carbonyl (C=O) groups is 1. The van der Waals surface area contributed by atoms with Crippen molar-refractivity contribution in [3.05, 3.63) is 29.8 Å². The molecule has 0 aliphatic carbocycles. The van der Waals surface area contributed by atoms with Crippen LogP contribution in [0.4, 0.5) is 5.69 Å². The summed E-state index contributed by atoms with van der Waals surface area (Å²) in [6.07, 6.45) is 0. The van der Waals surface area contributed by atoms with E-state index in [0.717, 1.165) is 4.31 Å². The smallest absolute Gasteiger partial charge is 0.268 e. The Kier molecular flexibility index (Phi) is 4.24. The van der Waals surface area contributed by atoms with Gasteiger partial charge in [0.1, 0.15) is 0 Å². The molecule has 87 valence electrons. The minimum atomic E-state index is -3.75. The minimum Gasteiger partial charge on any atom is -0.268 e. The topological polar surface area (TPSA) is 66.5 Å². The van der Waals surface area contributed by atoms with Crippen LogP contribution < -0.4 is 4.72 Å². The summed E-state index contributed by atoms with van der Waals surface area (Å²) in [5.41, 5.74) is 0.718. The molecule has 0 spiro atoms. The molecule has 2 rings (SSSR count). The van der Waals surface area contributed by atoms with Crippen molar-refractivity contribution >= 4 is 51.4 Å². The first-order valence-corrected chi connectivity index (χ1v) is 6.33. The summed E-state index contributed by atoms with van der Waals surface area (Å²) in [6.45, 7) is 3.32. The molecule has 1 amide bonds. The molecule has 1 aliphatic heterocycles. The largest absolute Gasteiger partial charge is 0.326 e. The molecule has 1 aromatic carbocycles. The van der Waals surface area contributed by atoms with Crippen LogP contribution in [0.1, 0.15) is 24.2 Å². The van der Waals surface area contributed by atoms with Crippen molar-refractivity contribution in [2.24, 2.45) is 0 Å². The fraction of sp³-hybridized carbons (Fsp3) is 0.300. The van der Waals surface area contributed by atoms with Gasteiger partial charge in [-0.05, 0) is 26.0 Å². The molecule has 1 heterocycles. The van der Waals surface area contributed by atoms with E-state index in [2.05, 4.69) is 4.72 Å². The van der Waals surface area contributed by atoms with E-state index in [-0.39, 0.29) is 29.6 Å². The van der Waals surface area contributed by atoms with Gasteiger partial charge < -0.3 is 0 Å². The van der Waals surface area contributed by atoms with Crippen molar-refractivity contribution in [2.45, 2.75) is 19.9 Å². The molecule has 7 heteroatoms. The van der Waals surface area contributed by atoms with Crippen LogP contribution in [0.2, 0.25) is 0 Å². The molecule has 1 radical (unpaired) electrons.